The monoisotopic (exact) mass is 248 g/mol. The zero-order chi connectivity index (χ0) is 13.8. The standard InChI is InChI=1S/C17H28O/c1-6-12-17(18,13-7-2)15-11-9-8-10-14(15)16(3,4)5/h8-11,18H,6-7,12-13H2,1-5H3. The molecule has 1 N–H and O–H groups in total. The van der Waals surface area contributed by atoms with E-state index in [0.29, 0.717) is 0 Å². The first kappa shape index (κ1) is 15.2. The Kier molecular flexibility index (Phi) is 4.98. The molecule has 0 aliphatic rings. The highest BCUT2D eigenvalue weighted by Gasteiger charge is 2.32. The number of rotatable bonds is 5. The molecule has 1 aromatic carbocycles. The maximum absolute atomic E-state index is 11.0. The molecule has 1 aromatic rings. The van der Waals surface area contributed by atoms with Crippen LogP contribution in [0.5, 0.6) is 0 Å². The lowest BCUT2D eigenvalue weighted by molar-refractivity contribution is 0.0153. The molecule has 0 amide bonds. The molecular weight excluding hydrogens is 220 g/mol. The molecule has 0 atom stereocenters. The lowest BCUT2D eigenvalue weighted by Gasteiger charge is -2.34. The molecule has 0 spiro atoms. The van der Waals surface area contributed by atoms with Gasteiger partial charge in [-0.2, -0.15) is 0 Å². The van der Waals surface area contributed by atoms with Crippen LogP contribution in [0.25, 0.3) is 0 Å². The Balaban J connectivity index is 3.28. The smallest absolute Gasteiger partial charge is 0.0899 e. The van der Waals surface area contributed by atoms with Crippen molar-refractivity contribution in [1.82, 2.24) is 0 Å². The Morgan fingerprint density at radius 2 is 1.33 bits per heavy atom. The van der Waals surface area contributed by atoms with Crippen molar-refractivity contribution in [2.75, 3.05) is 0 Å². The lowest BCUT2D eigenvalue weighted by Crippen LogP contribution is -2.29. The summed E-state index contributed by atoms with van der Waals surface area (Å²) >= 11 is 0. The van der Waals surface area contributed by atoms with Gasteiger partial charge >= 0.3 is 0 Å². The predicted molar refractivity (Wildman–Crippen MR) is 78.9 cm³/mol. The third kappa shape index (κ3) is 3.35. The van der Waals surface area contributed by atoms with Gasteiger partial charge < -0.3 is 5.11 Å². The molecule has 0 fully saturated rings. The molecule has 102 valence electrons. The third-order valence-electron chi connectivity index (χ3n) is 3.56. The summed E-state index contributed by atoms with van der Waals surface area (Å²) in [6.07, 6.45) is 3.70. The van der Waals surface area contributed by atoms with Crippen molar-refractivity contribution in [2.45, 2.75) is 71.3 Å². The van der Waals surface area contributed by atoms with Gasteiger partial charge in [-0.25, -0.2) is 0 Å². The van der Waals surface area contributed by atoms with Crippen LogP contribution in [0.1, 0.15) is 71.4 Å². The summed E-state index contributed by atoms with van der Waals surface area (Å²) in [7, 11) is 0. The highest BCUT2D eigenvalue weighted by atomic mass is 16.3. The van der Waals surface area contributed by atoms with Gasteiger partial charge in [0, 0.05) is 0 Å². The number of hydrogen-bond donors (Lipinski definition) is 1. The largest absolute Gasteiger partial charge is 0.385 e. The van der Waals surface area contributed by atoms with E-state index in [1.807, 2.05) is 6.07 Å². The number of benzene rings is 1. The van der Waals surface area contributed by atoms with E-state index in [9.17, 15) is 5.11 Å². The minimum Gasteiger partial charge on any atom is -0.385 e. The summed E-state index contributed by atoms with van der Waals surface area (Å²) in [6, 6.07) is 8.38. The van der Waals surface area contributed by atoms with Gasteiger partial charge in [-0.3, -0.25) is 0 Å². The minimum absolute atomic E-state index is 0.0755. The van der Waals surface area contributed by atoms with Crippen molar-refractivity contribution in [3.63, 3.8) is 0 Å². The van der Waals surface area contributed by atoms with E-state index in [0.717, 1.165) is 31.2 Å². The maximum atomic E-state index is 11.0. The van der Waals surface area contributed by atoms with Crippen LogP contribution in [0.4, 0.5) is 0 Å². The average molecular weight is 248 g/mol. The van der Waals surface area contributed by atoms with Crippen LogP contribution in [0.15, 0.2) is 24.3 Å². The summed E-state index contributed by atoms with van der Waals surface area (Å²) in [6.45, 7) is 10.9. The third-order valence-corrected chi connectivity index (χ3v) is 3.56. The van der Waals surface area contributed by atoms with Gasteiger partial charge in [0.2, 0.25) is 0 Å². The highest BCUT2D eigenvalue weighted by molar-refractivity contribution is 5.37. The Labute approximate surface area is 112 Å². The van der Waals surface area contributed by atoms with E-state index in [-0.39, 0.29) is 5.41 Å². The van der Waals surface area contributed by atoms with Crippen molar-refractivity contribution < 1.29 is 5.11 Å². The summed E-state index contributed by atoms with van der Waals surface area (Å²) in [5, 5.41) is 11.0. The van der Waals surface area contributed by atoms with Crippen molar-refractivity contribution in [3.05, 3.63) is 35.4 Å². The molecule has 1 nitrogen and oxygen atoms in total. The summed E-state index contributed by atoms with van der Waals surface area (Å²) in [4.78, 5) is 0. The molecule has 18 heavy (non-hydrogen) atoms. The van der Waals surface area contributed by atoms with Gasteiger partial charge in [-0.1, -0.05) is 71.7 Å². The van der Waals surface area contributed by atoms with Crippen LogP contribution >= 0.6 is 0 Å². The zero-order valence-electron chi connectivity index (χ0n) is 12.6. The molecule has 0 saturated carbocycles. The number of hydrogen-bond acceptors (Lipinski definition) is 1. The summed E-state index contributed by atoms with van der Waals surface area (Å²) < 4.78 is 0. The first-order valence-corrected chi connectivity index (χ1v) is 7.17. The maximum Gasteiger partial charge on any atom is 0.0899 e. The average Bonchev–Trinajstić information content (AvgIpc) is 2.28. The molecule has 1 rings (SSSR count). The highest BCUT2D eigenvalue weighted by Crippen LogP contribution is 2.38. The molecule has 0 radical (unpaired) electrons. The fourth-order valence-electron chi connectivity index (χ4n) is 2.76. The molecule has 0 aliphatic heterocycles. The van der Waals surface area contributed by atoms with Crippen molar-refractivity contribution in [3.8, 4) is 0 Å². The quantitative estimate of drug-likeness (QED) is 0.795. The minimum atomic E-state index is -0.659. The van der Waals surface area contributed by atoms with Crippen molar-refractivity contribution in [1.29, 1.82) is 0 Å². The Morgan fingerprint density at radius 1 is 0.889 bits per heavy atom. The first-order valence-electron chi connectivity index (χ1n) is 7.17. The topological polar surface area (TPSA) is 20.2 Å². The summed E-state index contributed by atoms with van der Waals surface area (Å²) in [5.74, 6) is 0. The molecular formula is C17H28O. The van der Waals surface area contributed by atoms with Crippen LogP contribution in [0.3, 0.4) is 0 Å². The van der Waals surface area contributed by atoms with E-state index in [1.165, 1.54) is 5.56 Å². The molecule has 0 bridgehead atoms. The fraction of sp³-hybridized carbons (Fsp3) is 0.647. The second-order valence-corrected chi connectivity index (χ2v) is 6.33. The van der Waals surface area contributed by atoms with E-state index in [1.54, 1.807) is 0 Å². The van der Waals surface area contributed by atoms with E-state index in [2.05, 4.69) is 52.8 Å². The van der Waals surface area contributed by atoms with Crippen molar-refractivity contribution >= 4 is 0 Å². The molecule has 1 heteroatoms. The van der Waals surface area contributed by atoms with Gasteiger partial charge in [-0.05, 0) is 29.4 Å². The summed E-state index contributed by atoms with van der Waals surface area (Å²) in [5.41, 5.74) is 1.81. The Morgan fingerprint density at radius 3 is 1.72 bits per heavy atom. The molecule has 0 heterocycles. The van der Waals surface area contributed by atoms with Crippen LogP contribution in [-0.4, -0.2) is 5.11 Å². The normalized spacial score (nSPS) is 12.8. The van der Waals surface area contributed by atoms with Crippen LogP contribution in [-0.2, 0) is 11.0 Å². The molecule has 0 aliphatic carbocycles. The predicted octanol–water partition coefficient (Wildman–Crippen LogP) is 4.77. The fourth-order valence-corrected chi connectivity index (χ4v) is 2.76. The van der Waals surface area contributed by atoms with Crippen molar-refractivity contribution in [2.24, 2.45) is 0 Å². The second-order valence-electron chi connectivity index (χ2n) is 6.33. The lowest BCUT2D eigenvalue weighted by atomic mass is 9.75. The molecule has 0 aromatic heterocycles. The molecule has 0 unspecified atom stereocenters. The van der Waals surface area contributed by atoms with E-state index >= 15 is 0 Å². The SMILES string of the molecule is CCCC(O)(CCC)c1ccccc1C(C)(C)C. The first-order chi connectivity index (χ1) is 8.35. The van der Waals surface area contributed by atoms with Gasteiger partial charge in [0.25, 0.3) is 0 Å². The Bertz CT molecular complexity index is 367. The second kappa shape index (κ2) is 5.88. The van der Waals surface area contributed by atoms with Gasteiger partial charge in [0.15, 0.2) is 0 Å². The van der Waals surface area contributed by atoms with Gasteiger partial charge in [0.05, 0.1) is 5.60 Å². The van der Waals surface area contributed by atoms with Gasteiger partial charge in [0.1, 0.15) is 0 Å². The van der Waals surface area contributed by atoms with Crippen LogP contribution in [0.2, 0.25) is 0 Å². The van der Waals surface area contributed by atoms with E-state index < -0.39 is 5.60 Å². The molecule has 0 saturated heterocycles. The van der Waals surface area contributed by atoms with E-state index in [4.69, 9.17) is 0 Å². The zero-order valence-corrected chi connectivity index (χ0v) is 12.6. The van der Waals surface area contributed by atoms with Gasteiger partial charge in [-0.15, -0.1) is 0 Å². The van der Waals surface area contributed by atoms with Crippen LogP contribution < -0.4 is 0 Å². The Hall–Kier alpha value is -0.820. The van der Waals surface area contributed by atoms with Crippen LogP contribution in [0, 0.1) is 0 Å². The number of aliphatic hydroxyl groups is 1.